The van der Waals surface area contributed by atoms with Gasteiger partial charge < -0.3 is 10.1 Å². The van der Waals surface area contributed by atoms with Crippen LogP contribution in [0.2, 0.25) is 0 Å². The van der Waals surface area contributed by atoms with Crippen LogP contribution in [-0.4, -0.2) is 11.0 Å². The van der Waals surface area contributed by atoms with Crippen LogP contribution in [0, 0.1) is 19.7 Å². The Morgan fingerprint density at radius 3 is 2.62 bits per heavy atom. The van der Waals surface area contributed by atoms with E-state index >= 15 is 0 Å². The van der Waals surface area contributed by atoms with E-state index in [2.05, 4.69) is 10.3 Å². The highest BCUT2D eigenvalue weighted by Crippen LogP contribution is 2.25. The molecular weight excluding hydrogens is 267 g/mol. The number of hydrogen-bond donors (Lipinski definition) is 1. The number of aromatic nitrogens is 1. The third kappa shape index (κ3) is 4.02. The second kappa shape index (κ2) is 6.68. The summed E-state index contributed by atoms with van der Waals surface area (Å²) < 4.78 is 19.9. The number of ether oxygens (including phenoxy) is 1. The Kier molecular flexibility index (Phi) is 4.91. The number of nitrogens with zero attached hydrogens (tertiary/aromatic N) is 1. The molecule has 1 N–H and O–H groups in total. The van der Waals surface area contributed by atoms with Gasteiger partial charge in [0.05, 0.1) is 0 Å². The van der Waals surface area contributed by atoms with Crippen molar-refractivity contribution in [3.05, 3.63) is 53.0 Å². The normalized spacial score (nSPS) is 11.0. The second-order valence-electron chi connectivity index (χ2n) is 5.47. The zero-order valence-corrected chi connectivity index (χ0v) is 12.9. The summed E-state index contributed by atoms with van der Waals surface area (Å²) in [5, 5.41) is 3.19. The second-order valence-corrected chi connectivity index (χ2v) is 5.47. The van der Waals surface area contributed by atoms with Crippen molar-refractivity contribution in [2.24, 2.45) is 0 Å². The first-order chi connectivity index (χ1) is 9.97. The summed E-state index contributed by atoms with van der Waals surface area (Å²) >= 11 is 0. The van der Waals surface area contributed by atoms with Gasteiger partial charge in [-0.1, -0.05) is 19.9 Å². The zero-order chi connectivity index (χ0) is 15.4. The van der Waals surface area contributed by atoms with Crippen LogP contribution in [0.4, 0.5) is 4.39 Å². The van der Waals surface area contributed by atoms with Crippen LogP contribution in [0.3, 0.4) is 0 Å². The third-order valence-corrected chi connectivity index (χ3v) is 3.33. The van der Waals surface area contributed by atoms with Crippen LogP contribution in [0.5, 0.6) is 11.6 Å². The summed E-state index contributed by atoms with van der Waals surface area (Å²) in [6.07, 6.45) is 1.57. The van der Waals surface area contributed by atoms with Crippen LogP contribution in [0.25, 0.3) is 0 Å². The van der Waals surface area contributed by atoms with Gasteiger partial charge in [0.25, 0.3) is 5.88 Å². The van der Waals surface area contributed by atoms with E-state index in [-0.39, 0.29) is 5.88 Å². The van der Waals surface area contributed by atoms with Crippen molar-refractivity contribution in [2.75, 3.05) is 0 Å². The van der Waals surface area contributed by atoms with E-state index in [4.69, 9.17) is 4.74 Å². The molecule has 0 saturated carbocycles. The van der Waals surface area contributed by atoms with Gasteiger partial charge in [0.15, 0.2) is 5.82 Å². The van der Waals surface area contributed by atoms with Gasteiger partial charge in [-0.2, -0.15) is 0 Å². The number of rotatable bonds is 5. The van der Waals surface area contributed by atoms with E-state index in [1.165, 1.54) is 5.56 Å². The molecule has 0 aliphatic heterocycles. The molecule has 0 atom stereocenters. The molecule has 0 saturated heterocycles. The minimum Gasteiger partial charge on any atom is -0.436 e. The molecule has 0 amide bonds. The molecule has 2 aromatic rings. The van der Waals surface area contributed by atoms with Gasteiger partial charge in [-0.25, -0.2) is 9.37 Å². The molecule has 1 aromatic heterocycles. The van der Waals surface area contributed by atoms with Gasteiger partial charge in [0.2, 0.25) is 0 Å². The van der Waals surface area contributed by atoms with E-state index in [0.717, 1.165) is 5.56 Å². The minimum absolute atomic E-state index is 0.0151. The molecule has 0 radical (unpaired) electrons. The Morgan fingerprint density at radius 1 is 1.19 bits per heavy atom. The van der Waals surface area contributed by atoms with Crippen molar-refractivity contribution in [1.82, 2.24) is 10.3 Å². The Morgan fingerprint density at radius 2 is 1.95 bits per heavy atom. The fourth-order valence-corrected chi connectivity index (χ4v) is 1.87. The van der Waals surface area contributed by atoms with E-state index in [1.54, 1.807) is 12.3 Å². The maximum atomic E-state index is 14.4. The number of benzene rings is 1. The highest BCUT2D eigenvalue weighted by Gasteiger charge is 2.12. The molecule has 0 aliphatic rings. The number of nitrogens with one attached hydrogen (secondary N) is 1. The quantitative estimate of drug-likeness (QED) is 0.898. The van der Waals surface area contributed by atoms with E-state index in [0.29, 0.717) is 23.9 Å². The SMILES string of the molecule is Cc1ccc(Oc2nccc(CNC(C)C)c2F)cc1C. The highest BCUT2D eigenvalue weighted by molar-refractivity contribution is 5.36. The molecule has 0 aliphatic carbocycles. The maximum absolute atomic E-state index is 14.4. The predicted molar refractivity (Wildman–Crippen MR) is 82.2 cm³/mol. The molecule has 112 valence electrons. The van der Waals surface area contributed by atoms with E-state index in [1.807, 2.05) is 45.9 Å². The molecule has 0 unspecified atom stereocenters. The maximum Gasteiger partial charge on any atom is 0.256 e. The van der Waals surface area contributed by atoms with Crippen LogP contribution in [-0.2, 0) is 6.54 Å². The Bertz CT molecular complexity index is 626. The smallest absolute Gasteiger partial charge is 0.256 e. The van der Waals surface area contributed by atoms with Crippen molar-refractivity contribution in [3.63, 3.8) is 0 Å². The topological polar surface area (TPSA) is 34.1 Å². The first-order valence-electron chi connectivity index (χ1n) is 7.09. The zero-order valence-electron chi connectivity index (χ0n) is 12.9. The molecular formula is C17H21FN2O. The lowest BCUT2D eigenvalue weighted by Crippen LogP contribution is -2.22. The largest absolute Gasteiger partial charge is 0.436 e. The standard InChI is InChI=1S/C17H21FN2O/c1-11(2)20-10-14-7-8-19-17(16(14)18)21-15-6-5-12(3)13(4)9-15/h5-9,11,20H,10H2,1-4H3. The highest BCUT2D eigenvalue weighted by atomic mass is 19.1. The van der Waals surface area contributed by atoms with Crippen LogP contribution in [0.15, 0.2) is 30.5 Å². The van der Waals surface area contributed by atoms with E-state index < -0.39 is 5.82 Å². The monoisotopic (exact) mass is 288 g/mol. The van der Waals surface area contributed by atoms with E-state index in [9.17, 15) is 4.39 Å². The predicted octanol–water partition coefficient (Wildman–Crippen LogP) is 4.13. The average molecular weight is 288 g/mol. The van der Waals surface area contributed by atoms with Gasteiger partial charge in [0, 0.05) is 24.3 Å². The molecule has 21 heavy (non-hydrogen) atoms. The molecule has 1 heterocycles. The summed E-state index contributed by atoms with van der Waals surface area (Å²) in [4.78, 5) is 3.99. The molecule has 0 fully saturated rings. The van der Waals surface area contributed by atoms with Crippen LogP contribution < -0.4 is 10.1 Å². The fourth-order valence-electron chi connectivity index (χ4n) is 1.87. The molecule has 3 nitrogen and oxygen atoms in total. The molecule has 1 aromatic carbocycles. The van der Waals surface area contributed by atoms with Gasteiger partial charge in [0.1, 0.15) is 5.75 Å². The Labute approximate surface area is 125 Å². The summed E-state index contributed by atoms with van der Waals surface area (Å²) in [6.45, 7) is 8.51. The van der Waals surface area contributed by atoms with Crippen molar-refractivity contribution in [2.45, 2.75) is 40.3 Å². The Balaban J connectivity index is 2.19. The molecule has 0 spiro atoms. The number of halogens is 1. The minimum atomic E-state index is -0.413. The first-order valence-corrected chi connectivity index (χ1v) is 7.09. The van der Waals surface area contributed by atoms with Crippen molar-refractivity contribution in [3.8, 4) is 11.6 Å². The molecule has 4 heteroatoms. The lowest BCUT2D eigenvalue weighted by atomic mass is 10.1. The third-order valence-electron chi connectivity index (χ3n) is 3.33. The number of hydrogen-bond acceptors (Lipinski definition) is 3. The van der Waals surface area contributed by atoms with Crippen LogP contribution in [0.1, 0.15) is 30.5 Å². The van der Waals surface area contributed by atoms with Gasteiger partial charge >= 0.3 is 0 Å². The fraction of sp³-hybridized carbons (Fsp3) is 0.353. The Hall–Kier alpha value is -1.94. The van der Waals surface area contributed by atoms with Gasteiger partial charge in [-0.3, -0.25) is 0 Å². The summed E-state index contributed by atoms with van der Waals surface area (Å²) in [7, 11) is 0. The lowest BCUT2D eigenvalue weighted by molar-refractivity contribution is 0.416. The summed E-state index contributed by atoms with van der Waals surface area (Å²) in [6, 6.07) is 7.62. The number of pyridine rings is 1. The average Bonchev–Trinajstić information content (AvgIpc) is 2.43. The van der Waals surface area contributed by atoms with Crippen molar-refractivity contribution < 1.29 is 9.13 Å². The molecule has 2 rings (SSSR count). The lowest BCUT2D eigenvalue weighted by Gasteiger charge is -2.12. The van der Waals surface area contributed by atoms with Crippen molar-refractivity contribution >= 4 is 0 Å². The van der Waals surface area contributed by atoms with Crippen molar-refractivity contribution in [1.29, 1.82) is 0 Å². The van der Waals surface area contributed by atoms with Gasteiger partial charge in [-0.15, -0.1) is 0 Å². The van der Waals surface area contributed by atoms with Crippen LogP contribution >= 0.6 is 0 Å². The van der Waals surface area contributed by atoms with Gasteiger partial charge in [-0.05, 0) is 43.2 Å². The number of aryl methyl sites for hydroxylation is 2. The molecule has 0 bridgehead atoms. The summed E-state index contributed by atoms with van der Waals surface area (Å²) in [5.41, 5.74) is 2.83. The summed E-state index contributed by atoms with van der Waals surface area (Å²) in [5.74, 6) is 0.198. The first kappa shape index (κ1) is 15.4.